The van der Waals surface area contributed by atoms with Gasteiger partial charge in [0.1, 0.15) is 5.69 Å². The third-order valence-electron chi connectivity index (χ3n) is 2.89. The average molecular weight is 349 g/mol. The molecule has 0 aliphatic carbocycles. The van der Waals surface area contributed by atoms with E-state index in [4.69, 9.17) is 4.74 Å². The van der Waals surface area contributed by atoms with Crippen molar-refractivity contribution < 1.29 is 14.3 Å². The number of esters is 1. The van der Waals surface area contributed by atoms with Crippen molar-refractivity contribution in [3.05, 3.63) is 57.8 Å². The smallest absolute Gasteiger partial charge is 0.339 e. The predicted octanol–water partition coefficient (Wildman–Crippen LogP) is 3.19. The Morgan fingerprint density at radius 3 is 2.67 bits per heavy atom. The fourth-order valence-electron chi connectivity index (χ4n) is 1.84. The maximum atomic E-state index is 12.3. The molecule has 0 aliphatic heterocycles. The molecule has 0 fully saturated rings. The summed E-state index contributed by atoms with van der Waals surface area (Å²) >= 11 is 3.27. The Hall–Kier alpha value is -2.21. The van der Waals surface area contributed by atoms with Crippen LogP contribution in [0.4, 0.5) is 5.69 Å². The molecular formula is C15H13BrN2O3. The summed E-state index contributed by atoms with van der Waals surface area (Å²) in [5.74, 6) is -0.906. The lowest BCUT2D eigenvalue weighted by molar-refractivity contribution is 0.0602. The zero-order chi connectivity index (χ0) is 15.4. The van der Waals surface area contributed by atoms with Gasteiger partial charge in [-0.15, -0.1) is 0 Å². The lowest BCUT2D eigenvalue weighted by atomic mass is 10.1. The average Bonchev–Trinajstić information content (AvgIpc) is 2.48. The third kappa shape index (κ3) is 3.28. The Morgan fingerprint density at radius 2 is 2.00 bits per heavy atom. The second kappa shape index (κ2) is 6.49. The number of pyridine rings is 1. The number of benzene rings is 1. The second-order valence-electron chi connectivity index (χ2n) is 4.28. The highest BCUT2D eigenvalue weighted by Crippen LogP contribution is 2.23. The van der Waals surface area contributed by atoms with E-state index in [-0.39, 0.29) is 5.69 Å². The monoisotopic (exact) mass is 348 g/mol. The summed E-state index contributed by atoms with van der Waals surface area (Å²) < 4.78 is 5.31. The van der Waals surface area contributed by atoms with Crippen molar-refractivity contribution in [3.63, 3.8) is 0 Å². The van der Waals surface area contributed by atoms with Crippen molar-refractivity contribution in [1.82, 2.24) is 4.98 Å². The number of nitrogens with one attached hydrogen (secondary N) is 1. The molecule has 0 bridgehead atoms. The molecule has 2 aromatic rings. The van der Waals surface area contributed by atoms with Crippen LogP contribution in [0.2, 0.25) is 0 Å². The minimum Gasteiger partial charge on any atom is -0.465 e. The number of hydrogen-bond acceptors (Lipinski definition) is 4. The van der Waals surface area contributed by atoms with Gasteiger partial charge in [-0.3, -0.25) is 4.79 Å². The zero-order valence-electron chi connectivity index (χ0n) is 11.5. The van der Waals surface area contributed by atoms with Crippen molar-refractivity contribution >= 4 is 33.5 Å². The number of carbonyl (C=O) groups is 2. The summed E-state index contributed by atoms with van der Waals surface area (Å²) in [6.45, 7) is 1.80. The maximum Gasteiger partial charge on any atom is 0.339 e. The van der Waals surface area contributed by atoms with Crippen LogP contribution in [0.3, 0.4) is 0 Å². The molecule has 1 N–H and O–H groups in total. The molecule has 0 radical (unpaired) electrons. The first-order chi connectivity index (χ1) is 10.0. The van der Waals surface area contributed by atoms with Crippen LogP contribution in [0.15, 0.2) is 41.0 Å². The molecule has 5 nitrogen and oxygen atoms in total. The van der Waals surface area contributed by atoms with Crippen molar-refractivity contribution in [1.29, 1.82) is 0 Å². The zero-order valence-corrected chi connectivity index (χ0v) is 13.1. The first kappa shape index (κ1) is 15.2. The summed E-state index contributed by atoms with van der Waals surface area (Å²) in [6, 6.07) is 8.57. The van der Waals surface area contributed by atoms with Crippen molar-refractivity contribution in [2.75, 3.05) is 12.4 Å². The van der Waals surface area contributed by atoms with E-state index in [0.29, 0.717) is 15.7 Å². The van der Waals surface area contributed by atoms with Gasteiger partial charge in [-0.1, -0.05) is 12.1 Å². The molecule has 0 saturated carbocycles. The van der Waals surface area contributed by atoms with Crippen molar-refractivity contribution in [3.8, 4) is 0 Å². The molecule has 1 heterocycles. The number of rotatable bonds is 3. The molecule has 2 rings (SSSR count). The van der Waals surface area contributed by atoms with Crippen molar-refractivity contribution in [2.45, 2.75) is 6.92 Å². The lowest BCUT2D eigenvalue weighted by Gasteiger charge is -2.12. The highest BCUT2D eigenvalue weighted by molar-refractivity contribution is 9.10. The topological polar surface area (TPSA) is 68.3 Å². The molecule has 21 heavy (non-hydrogen) atoms. The van der Waals surface area contributed by atoms with Crippen LogP contribution >= 0.6 is 15.9 Å². The minimum atomic E-state index is -0.505. The number of anilines is 1. The molecule has 0 spiro atoms. The number of carbonyl (C=O) groups excluding carboxylic acids is 2. The van der Waals surface area contributed by atoms with Gasteiger partial charge in [-0.05, 0) is 46.6 Å². The van der Waals surface area contributed by atoms with E-state index < -0.39 is 11.9 Å². The van der Waals surface area contributed by atoms with E-state index in [1.54, 1.807) is 37.3 Å². The third-order valence-corrected chi connectivity index (χ3v) is 3.53. The Kier molecular flexibility index (Phi) is 4.70. The summed E-state index contributed by atoms with van der Waals surface area (Å²) in [4.78, 5) is 28.1. The van der Waals surface area contributed by atoms with Gasteiger partial charge in [-0.2, -0.15) is 0 Å². The van der Waals surface area contributed by atoms with E-state index in [1.165, 1.54) is 13.3 Å². The van der Waals surface area contributed by atoms with Gasteiger partial charge in [0, 0.05) is 10.7 Å². The molecule has 0 aliphatic rings. The van der Waals surface area contributed by atoms with Crippen LogP contribution in [0, 0.1) is 6.92 Å². The standard InChI is InChI=1S/C15H13BrN2O3/c1-9-5-3-6-10(15(20)21-2)12(9)18-14(19)13-11(16)7-4-8-17-13/h3-8H,1-2H3,(H,18,19). The molecule has 1 aromatic heterocycles. The Labute approximate surface area is 130 Å². The number of aromatic nitrogens is 1. The van der Waals surface area contributed by atoms with E-state index in [0.717, 1.165) is 5.56 Å². The number of methoxy groups -OCH3 is 1. The fraction of sp³-hybridized carbons (Fsp3) is 0.133. The van der Waals surface area contributed by atoms with Crippen LogP contribution in [-0.2, 0) is 4.74 Å². The lowest BCUT2D eigenvalue weighted by Crippen LogP contribution is -2.18. The van der Waals surface area contributed by atoms with Crippen LogP contribution in [0.5, 0.6) is 0 Å². The largest absolute Gasteiger partial charge is 0.465 e. The number of amides is 1. The van der Waals surface area contributed by atoms with E-state index in [2.05, 4.69) is 26.2 Å². The van der Waals surface area contributed by atoms with Crippen LogP contribution in [-0.4, -0.2) is 24.0 Å². The highest BCUT2D eigenvalue weighted by Gasteiger charge is 2.18. The molecule has 0 unspecified atom stereocenters. The Balaban J connectivity index is 2.38. The molecular weight excluding hydrogens is 336 g/mol. The van der Waals surface area contributed by atoms with Crippen LogP contribution in [0.1, 0.15) is 26.4 Å². The van der Waals surface area contributed by atoms with Gasteiger partial charge in [-0.25, -0.2) is 9.78 Å². The Morgan fingerprint density at radius 1 is 1.24 bits per heavy atom. The van der Waals surface area contributed by atoms with E-state index >= 15 is 0 Å². The number of para-hydroxylation sites is 1. The second-order valence-corrected chi connectivity index (χ2v) is 5.13. The summed E-state index contributed by atoms with van der Waals surface area (Å²) in [5, 5.41) is 2.72. The Bertz CT molecular complexity index is 701. The van der Waals surface area contributed by atoms with Crippen LogP contribution < -0.4 is 5.32 Å². The van der Waals surface area contributed by atoms with Gasteiger partial charge < -0.3 is 10.1 Å². The van der Waals surface area contributed by atoms with Crippen LogP contribution in [0.25, 0.3) is 0 Å². The number of aryl methyl sites for hydroxylation is 1. The molecule has 1 aromatic carbocycles. The molecule has 6 heteroatoms. The molecule has 108 valence electrons. The molecule has 1 amide bonds. The van der Waals surface area contributed by atoms with Gasteiger partial charge in [0.05, 0.1) is 18.4 Å². The number of hydrogen-bond donors (Lipinski definition) is 1. The van der Waals surface area contributed by atoms with E-state index in [1.807, 2.05) is 0 Å². The first-order valence-electron chi connectivity index (χ1n) is 6.14. The minimum absolute atomic E-state index is 0.247. The summed E-state index contributed by atoms with van der Waals surface area (Å²) in [5.41, 5.74) is 1.74. The maximum absolute atomic E-state index is 12.3. The normalized spacial score (nSPS) is 10.0. The highest BCUT2D eigenvalue weighted by atomic mass is 79.9. The first-order valence-corrected chi connectivity index (χ1v) is 6.93. The van der Waals surface area contributed by atoms with Crippen molar-refractivity contribution in [2.24, 2.45) is 0 Å². The van der Waals surface area contributed by atoms with Gasteiger partial charge >= 0.3 is 5.97 Å². The van der Waals surface area contributed by atoms with E-state index in [9.17, 15) is 9.59 Å². The SMILES string of the molecule is COC(=O)c1cccc(C)c1NC(=O)c1ncccc1Br. The summed E-state index contributed by atoms with van der Waals surface area (Å²) in [7, 11) is 1.30. The predicted molar refractivity (Wildman–Crippen MR) is 82.4 cm³/mol. The summed E-state index contributed by atoms with van der Waals surface area (Å²) in [6.07, 6.45) is 1.53. The fourth-order valence-corrected chi connectivity index (χ4v) is 2.27. The number of nitrogens with zero attached hydrogens (tertiary/aromatic N) is 1. The molecule has 0 saturated heterocycles. The van der Waals surface area contributed by atoms with Gasteiger partial charge in [0.15, 0.2) is 0 Å². The number of halogens is 1. The van der Waals surface area contributed by atoms with Gasteiger partial charge in [0.2, 0.25) is 0 Å². The molecule has 0 atom stereocenters. The number of ether oxygens (including phenoxy) is 1. The quantitative estimate of drug-likeness (QED) is 0.865. The van der Waals surface area contributed by atoms with Gasteiger partial charge in [0.25, 0.3) is 5.91 Å².